The highest BCUT2D eigenvalue weighted by atomic mass is 35.5. The van der Waals surface area contributed by atoms with Gasteiger partial charge in [-0.1, -0.05) is 11.6 Å². The van der Waals surface area contributed by atoms with Crippen LogP contribution >= 0.6 is 11.6 Å². The molecule has 0 bridgehead atoms. The van der Waals surface area contributed by atoms with Crippen LogP contribution in [-0.2, 0) is 105 Å². The lowest BCUT2D eigenvalue weighted by molar-refractivity contribution is -0.346. The maximum atomic E-state index is 13.0. The van der Waals surface area contributed by atoms with Crippen molar-refractivity contribution in [3.8, 4) is 0 Å². The number of rotatable bonds is 17. The summed E-state index contributed by atoms with van der Waals surface area (Å²) in [4.78, 5) is 125. The fourth-order valence-corrected chi connectivity index (χ4v) is 7.40. The quantitative estimate of drug-likeness (QED) is 0.0815. The molecule has 25 nitrogen and oxygen atoms in total. The highest BCUT2D eigenvalue weighted by Gasteiger charge is 2.58. The monoisotopic (exact) mass is 939 g/mol. The Morgan fingerprint density at radius 1 is 0.391 bits per heavy atom. The van der Waals surface area contributed by atoms with Gasteiger partial charge in [0.25, 0.3) is 0 Å². The molecule has 0 saturated carbocycles. The second-order valence-corrected chi connectivity index (χ2v) is 15.1. The first-order valence-corrected chi connectivity index (χ1v) is 20.1. The second-order valence-electron chi connectivity index (χ2n) is 14.7. The Bertz CT molecular complexity index is 1750. The van der Waals surface area contributed by atoms with Gasteiger partial charge in [-0.2, -0.15) is 0 Å². The summed E-state index contributed by atoms with van der Waals surface area (Å²) in [6, 6.07) is -4.53. The maximum Gasteiger partial charge on any atom is 0.303 e. The highest BCUT2D eigenvalue weighted by molar-refractivity contribution is 6.20. The van der Waals surface area contributed by atoms with Gasteiger partial charge in [0, 0.05) is 69.2 Å². The Labute approximate surface area is 371 Å². The Morgan fingerprint density at radius 3 is 1.00 bits per heavy atom. The average molecular weight is 940 g/mol. The Hall–Kier alpha value is -5.21. The molecule has 360 valence electrons. The van der Waals surface area contributed by atoms with E-state index < -0.39 is 171 Å². The number of nitrogens with one attached hydrogen (secondary N) is 3. The molecular weight excluding hydrogens is 886 g/mol. The number of esters is 7. The molecule has 0 aromatic rings. The van der Waals surface area contributed by atoms with Crippen molar-refractivity contribution >= 4 is 71.1 Å². The van der Waals surface area contributed by atoms with Crippen molar-refractivity contribution in [1.29, 1.82) is 0 Å². The molecule has 64 heavy (non-hydrogen) atoms. The van der Waals surface area contributed by atoms with E-state index in [0.29, 0.717) is 0 Å². The molecule has 3 aliphatic heterocycles. The zero-order valence-electron chi connectivity index (χ0n) is 36.6. The maximum absolute atomic E-state index is 13.0. The Kier molecular flexibility index (Phi) is 20.1. The standard InChI is InChI=1S/C38H54ClN3O22/c1-14(43)40-27-33(57-21(8)50)31(24(60-36(27)39)11-53-17(4)46)63-38-29(42-16(3)45)35(59-23(10)52)32(26(62-38)13-55-19(6)48)64-37-28(41-15(2)44)34(58-22(9)51)30(56-20(7)49)25(61-37)12-54-18(5)47/h24-38H,11-13H2,1-10H3,(H,40,43)(H,41,44)(H,42,45)/t24-,25-,26-,27-,28-,29-,30-,31-,32-,33-,34-,35-,36-,37+,38+/m1/s1. The van der Waals surface area contributed by atoms with Crippen molar-refractivity contribution < 1.29 is 105 Å². The summed E-state index contributed by atoms with van der Waals surface area (Å²) >= 11 is 6.52. The molecule has 3 fully saturated rings. The smallest absolute Gasteiger partial charge is 0.303 e. The molecule has 26 heteroatoms. The minimum atomic E-state index is -1.83. The minimum absolute atomic E-state index is 0.572. The topological polar surface area (TPSA) is 318 Å². The zero-order chi connectivity index (χ0) is 48.2. The first-order chi connectivity index (χ1) is 29.9. The van der Waals surface area contributed by atoms with Crippen LogP contribution in [0.1, 0.15) is 69.2 Å². The van der Waals surface area contributed by atoms with E-state index in [1.54, 1.807) is 0 Å². The van der Waals surface area contributed by atoms with Crippen LogP contribution in [-0.4, -0.2) is 171 Å². The molecule has 0 spiro atoms. The average Bonchev–Trinajstić information content (AvgIpc) is 3.15. The second kappa shape index (κ2) is 24.2. The van der Waals surface area contributed by atoms with Gasteiger partial charge in [0.15, 0.2) is 42.6 Å². The van der Waals surface area contributed by atoms with E-state index in [1.807, 2.05) is 0 Å². The van der Waals surface area contributed by atoms with Gasteiger partial charge in [0.2, 0.25) is 17.7 Å². The number of ether oxygens (including phenoxy) is 12. The van der Waals surface area contributed by atoms with Crippen LogP contribution in [0.2, 0.25) is 0 Å². The predicted octanol–water partition coefficient (Wildman–Crippen LogP) is -1.90. The summed E-state index contributed by atoms with van der Waals surface area (Å²) in [7, 11) is 0. The molecule has 0 aliphatic carbocycles. The van der Waals surface area contributed by atoms with Gasteiger partial charge in [0.05, 0.1) is 0 Å². The number of hydrogen-bond donors (Lipinski definition) is 3. The third-order valence-corrected chi connectivity index (χ3v) is 9.55. The van der Waals surface area contributed by atoms with Gasteiger partial charge in [-0.3, -0.25) is 47.9 Å². The van der Waals surface area contributed by atoms with Crippen LogP contribution in [0, 0.1) is 0 Å². The lowest BCUT2D eigenvalue weighted by atomic mass is 9.93. The molecular formula is C38H54ClN3O22. The molecule has 3 N–H and O–H groups in total. The molecule has 3 amide bonds. The number of carbonyl (C=O) groups excluding carboxylic acids is 10. The fourth-order valence-electron chi connectivity index (χ4n) is 7.06. The molecule has 0 radical (unpaired) electrons. The van der Waals surface area contributed by atoms with Crippen LogP contribution in [0.3, 0.4) is 0 Å². The van der Waals surface area contributed by atoms with E-state index in [2.05, 4.69) is 16.0 Å². The minimum Gasteiger partial charge on any atom is -0.463 e. The van der Waals surface area contributed by atoms with Crippen LogP contribution in [0.15, 0.2) is 0 Å². The molecule has 0 aromatic heterocycles. The van der Waals surface area contributed by atoms with Gasteiger partial charge in [-0.15, -0.1) is 0 Å². The summed E-state index contributed by atoms with van der Waals surface area (Å²) in [6.45, 7) is 8.73. The van der Waals surface area contributed by atoms with Crippen molar-refractivity contribution in [2.75, 3.05) is 19.8 Å². The predicted molar refractivity (Wildman–Crippen MR) is 207 cm³/mol. The van der Waals surface area contributed by atoms with Gasteiger partial charge < -0.3 is 72.8 Å². The number of amides is 3. The van der Waals surface area contributed by atoms with Gasteiger partial charge >= 0.3 is 41.8 Å². The summed E-state index contributed by atoms with van der Waals surface area (Å²) in [5.41, 5.74) is -1.41. The zero-order valence-corrected chi connectivity index (χ0v) is 37.4. The summed E-state index contributed by atoms with van der Waals surface area (Å²) < 4.78 is 69.4. The van der Waals surface area contributed by atoms with Crippen molar-refractivity contribution in [3.05, 3.63) is 0 Å². The first-order valence-electron chi connectivity index (χ1n) is 19.7. The number of hydrogen-bond acceptors (Lipinski definition) is 22. The summed E-state index contributed by atoms with van der Waals surface area (Å²) in [5, 5.41) is 7.63. The highest BCUT2D eigenvalue weighted by Crippen LogP contribution is 2.36. The molecule has 15 atom stereocenters. The van der Waals surface area contributed by atoms with Gasteiger partial charge in [0.1, 0.15) is 68.5 Å². The molecule has 0 unspecified atom stereocenters. The van der Waals surface area contributed by atoms with Crippen LogP contribution in [0.25, 0.3) is 0 Å². The van der Waals surface area contributed by atoms with E-state index >= 15 is 0 Å². The number of alkyl halides is 1. The molecule has 3 saturated heterocycles. The normalized spacial score (nSPS) is 32.3. The summed E-state index contributed by atoms with van der Waals surface area (Å²) in [6.07, 6.45) is -17.9. The van der Waals surface area contributed by atoms with Gasteiger partial charge in [-0.25, -0.2) is 0 Å². The Morgan fingerprint density at radius 2 is 0.672 bits per heavy atom. The van der Waals surface area contributed by atoms with Crippen molar-refractivity contribution in [1.82, 2.24) is 16.0 Å². The van der Waals surface area contributed by atoms with Crippen molar-refractivity contribution in [3.63, 3.8) is 0 Å². The van der Waals surface area contributed by atoms with Crippen LogP contribution < -0.4 is 16.0 Å². The molecule has 0 aromatic carbocycles. The van der Waals surface area contributed by atoms with Crippen molar-refractivity contribution in [2.45, 2.75) is 160 Å². The SMILES string of the molecule is CC(=O)N[C@@H]1[C@@H](OC(C)=O)[C@H](O[C@@H]2O[C@H](COC(C)=O)[C@@H](O[C@@H]3O[C@H](COC(C)=O)[C@@H](OC(C)=O)[C@H](OC(C)=O)[C@H]3NC(C)=O)[C@H](OC(C)=O)[C@H]2NC(C)=O)[C@@H](COC(C)=O)O[C@H]1Cl. The molecule has 3 aliphatic rings. The van der Waals surface area contributed by atoms with Crippen LogP contribution in [0.4, 0.5) is 0 Å². The van der Waals surface area contributed by atoms with E-state index in [0.717, 1.165) is 69.2 Å². The van der Waals surface area contributed by atoms with Gasteiger partial charge in [-0.05, 0) is 0 Å². The number of halogens is 1. The van der Waals surface area contributed by atoms with Crippen molar-refractivity contribution in [2.24, 2.45) is 0 Å². The third kappa shape index (κ3) is 15.8. The van der Waals surface area contributed by atoms with E-state index in [4.69, 9.17) is 68.4 Å². The Balaban J connectivity index is 2.28. The molecule has 3 heterocycles. The largest absolute Gasteiger partial charge is 0.463 e. The lowest BCUT2D eigenvalue weighted by Gasteiger charge is -2.51. The molecule has 3 rings (SSSR count). The third-order valence-electron chi connectivity index (χ3n) is 9.18. The lowest BCUT2D eigenvalue weighted by Crippen LogP contribution is -2.71. The first kappa shape index (κ1) is 53.1. The van der Waals surface area contributed by atoms with E-state index in [-0.39, 0.29) is 0 Å². The van der Waals surface area contributed by atoms with Crippen LogP contribution in [0.5, 0.6) is 0 Å². The van der Waals surface area contributed by atoms with E-state index in [1.165, 1.54) is 0 Å². The fraction of sp³-hybridized carbons (Fsp3) is 0.737. The van der Waals surface area contributed by atoms with E-state index in [9.17, 15) is 47.9 Å². The number of carbonyl (C=O) groups is 10. The summed E-state index contributed by atoms with van der Waals surface area (Å²) in [5.74, 6) is -8.23.